The molecule has 0 amide bonds. The summed E-state index contributed by atoms with van der Waals surface area (Å²) in [4.78, 5) is 25.8. The van der Waals surface area contributed by atoms with Gasteiger partial charge in [0.25, 0.3) is 0 Å². The minimum Gasteiger partial charge on any atom is -0.491 e. The summed E-state index contributed by atoms with van der Waals surface area (Å²) in [6.07, 6.45) is 0. The summed E-state index contributed by atoms with van der Waals surface area (Å²) in [5, 5.41) is 40.0. The number of hydrogen-bond acceptors (Lipinski definition) is 14. The van der Waals surface area contributed by atoms with Gasteiger partial charge in [0.05, 0.1) is 59.5 Å². The molecule has 0 bridgehead atoms. The van der Waals surface area contributed by atoms with Crippen LogP contribution in [-0.2, 0) is 23.7 Å². The molecule has 0 unspecified atom stereocenters. The molecule has 0 spiro atoms. The molecule has 14 nitrogen and oxygen atoms in total. The van der Waals surface area contributed by atoms with E-state index in [1.165, 1.54) is 55.5 Å². The summed E-state index contributed by atoms with van der Waals surface area (Å²) in [6, 6.07) is 0. The van der Waals surface area contributed by atoms with E-state index in [1.54, 1.807) is 20.8 Å². The van der Waals surface area contributed by atoms with Crippen molar-refractivity contribution in [3.05, 3.63) is 83.5 Å². The number of rotatable bonds is 27. The SMILES string of the molecule is Cc1c(C)c(C(=O)C(C)(C)O)c(C)c(C)c1OCCOCCOC(C)(OCCOCCOc1c(C)c(C)c(C(=O)C(C)(C)O)c(C)c1C)C(C)(C)O.Cc1c(C)c(C)c(OCCOCCO)c(C)c1C. The van der Waals surface area contributed by atoms with Gasteiger partial charge in [0.2, 0.25) is 0 Å². The molecule has 70 heavy (non-hydrogen) atoms. The lowest BCUT2D eigenvalue weighted by molar-refractivity contribution is -0.307. The molecule has 3 rings (SSSR count). The summed E-state index contributed by atoms with van der Waals surface area (Å²) in [5.41, 5.74) is 9.63. The van der Waals surface area contributed by atoms with Crippen molar-refractivity contribution >= 4 is 11.6 Å². The fourth-order valence-electron chi connectivity index (χ4n) is 7.93. The van der Waals surface area contributed by atoms with E-state index in [0.29, 0.717) is 55.7 Å². The van der Waals surface area contributed by atoms with Crippen molar-refractivity contribution in [2.24, 2.45) is 0 Å². The molecule has 0 saturated heterocycles. The van der Waals surface area contributed by atoms with E-state index in [0.717, 1.165) is 50.3 Å². The minimum absolute atomic E-state index is 0.0564. The number of carbonyl (C=O) groups excluding carboxylic acids is 2. The molecular formula is C56H88O14. The third-order valence-electron chi connectivity index (χ3n) is 13.6. The molecule has 4 N–H and O–H groups in total. The van der Waals surface area contributed by atoms with Gasteiger partial charge in [0, 0.05) is 11.1 Å². The summed E-state index contributed by atoms with van der Waals surface area (Å²) in [6.45, 7) is 39.9. The van der Waals surface area contributed by atoms with Gasteiger partial charge in [-0.1, -0.05) is 0 Å². The number of hydrogen-bond donors (Lipinski definition) is 4. The van der Waals surface area contributed by atoms with Crippen LogP contribution in [0.1, 0.15) is 142 Å². The predicted molar refractivity (Wildman–Crippen MR) is 275 cm³/mol. The van der Waals surface area contributed by atoms with Gasteiger partial charge >= 0.3 is 0 Å². The Kier molecular flexibility index (Phi) is 23.7. The lowest BCUT2D eigenvalue weighted by Gasteiger charge is -2.39. The number of aliphatic hydroxyl groups excluding tert-OH is 1. The maximum absolute atomic E-state index is 12.9. The molecule has 0 aliphatic rings. The Morgan fingerprint density at radius 1 is 0.357 bits per heavy atom. The lowest BCUT2D eigenvalue weighted by atomic mass is 9.85. The van der Waals surface area contributed by atoms with Crippen LogP contribution in [0.3, 0.4) is 0 Å². The fraction of sp³-hybridized carbons (Fsp3) is 0.643. The van der Waals surface area contributed by atoms with Gasteiger partial charge in [-0.3, -0.25) is 9.59 Å². The molecule has 3 aromatic rings. The highest BCUT2D eigenvalue weighted by atomic mass is 16.7. The lowest BCUT2D eigenvalue weighted by Crippen LogP contribution is -2.52. The van der Waals surface area contributed by atoms with E-state index in [-0.39, 0.29) is 57.8 Å². The number of carbonyl (C=O) groups is 2. The maximum Gasteiger partial charge on any atom is 0.194 e. The summed E-state index contributed by atoms with van der Waals surface area (Å²) in [7, 11) is 0. The van der Waals surface area contributed by atoms with Crippen molar-refractivity contribution < 1.29 is 67.9 Å². The zero-order valence-corrected chi connectivity index (χ0v) is 46.4. The van der Waals surface area contributed by atoms with E-state index in [2.05, 4.69) is 34.6 Å². The third kappa shape index (κ3) is 16.0. The highest BCUT2D eigenvalue weighted by Crippen LogP contribution is 2.37. The highest BCUT2D eigenvalue weighted by molar-refractivity contribution is 6.05. The maximum atomic E-state index is 12.9. The first-order valence-corrected chi connectivity index (χ1v) is 24.3. The second-order valence-corrected chi connectivity index (χ2v) is 19.9. The van der Waals surface area contributed by atoms with Crippen LogP contribution in [0.5, 0.6) is 17.2 Å². The van der Waals surface area contributed by atoms with Crippen molar-refractivity contribution in [2.45, 2.75) is 161 Å². The molecule has 0 saturated carbocycles. The molecule has 14 heteroatoms. The molecule has 0 atom stereocenters. The minimum atomic E-state index is -1.47. The molecule has 396 valence electrons. The molecule has 3 aromatic carbocycles. The van der Waals surface area contributed by atoms with Gasteiger partial charge in [-0.15, -0.1) is 0 Å². The summed E-state index contributed by atoms with van der Waals surface area (Å²) in [5.74, 6) is 0.407. The van der Waals surface area contributed by atoms with E-state index in [9.17, 15) is 24.9 Å². The fourth-order valence-corrected chi connectivity index (χ4v) is 7.93. The third-order valence-corrected chi connectivity index (χ3v) is 13.6. The second kappa shape index (κ2) is 26.7. The summed E-state index contributed by atoms with van der Waals surface area (Å²) >= 11 is 0. The quantitative estimate of drug-likeness (QED) is 0.0323. The predicted octanol–water partition coefficient (Wildman–Crippen LogP) is 8.69. The smallest absolute Gasteiger partial charge is 0.194 e. The van der Waals surface area contributed by atoms with Crippen LogP contribution < -0.4 is 14.2 Å². The Bertz CT molecular complexity index is 2040. The molecule has 0 heterocycles. The number of ether oxygens (including phenoxy) is 8. The number of ketones is 2. The van der Waals surface area contributed by atoms with Crippen molar-refractivity contribution in [2.75, 3.05) is 79.3 Å². The standard InChI is InChI=1S/C41H64O11.C15H24O3/c1-24-28(5)34(29(6)25(2)32(24)36(42)38(9,10)44)49-20-16-47-18-22-51-41(15,40(13,14)46)52-23-19-48-17-21-50-35-30(7)26(3)33(27(4)31(35)8)37(43)39(11,12)45;1-10-11(2)13(4)15(14(5)12(10)3)18-9-8-17-7-6-16/h44-46H,16-23H2,1-15H3;16H,6-9H2,1-5H3. The van der Waals surface area contributed by atoms with E-state index in [4.69, 9.17) is 43.0 Å². The molecule has 0 aromatic heterocycles. The second-order valence-electron chi connectivity index (χ2n) is 19.9. The Hall–Kier alpha value is -3.96. The van der Waals surface area contributed by atoms with Crippen molar-refractivity contribution in [1.82, 2.24) is 0 Å². The Morgan fingerprint density at radius 3 is 0.857 bits per heavy atom. The average molecular weight is 985 g/mol. The number of Topliss-reactive ketones (excluding diaryl/α,β-unsaturated/α-hetero) is 2. The van der Waals surface area contributed by atoms with Crippen LogP contribution in [0.25, 0.3) is 0 Å². The molecule has 0 fully saturated rings. The Labute approximate surface area is 419 Å². The highest BCUT2D eigenvalue weighted by Gasteiger charge is 2.42. The topological polar surface area (TPSA) is 189 Å². The van der Waals surface area contributed by atoms with E-state index in [1.807, 2.05) is 55.4 Å². The van der Waals surface area contributed by atoms with Crippen LogP contribution in [0.2, 0.25) is 0 Å². The van der Waals surface area contributed by atoms with Crippen molar-refractivity contribution in [3.63, 3.8) is 0 Å². The normalized spacial score (nSPS) is 12.2. The average Bonchev–Trinajstić information content (AvgIpc) is 3.27. The Morgan fingerprint density at radius 2 is 0.600 bits per heavy atom. The van der Waals surface area contributed by atoms with Crippen LogP contribution in [0, 0.1) is 90.0 Å². The zero-order chi connectivity index (χ0) is 53.7. The molecule has 0 aliphatic heterocycles. The van der Waals surface area contributed by atoms with Gasteiger partial charge in [0.1, 0.15) is 53.9 Å². The monoisotopic (exact) mass is 985 g/mol. The first-order valence-electron chi connectivity index (χ1n) is 24.3. The van der Waals surface area contributed by atoms with Gasteiger partial charge in [-0.25, -0.2) is 0 Å². The van der Waals surface area contributed by atoms with E-state index < -0.39 is 22.6 Å². The van der Waals surface area contributed by atoms with Crippen LogP contribution >= 0.6 is 0 Å². The van der Waals surface area contributed by atoms with E-state index >= 15 is 0 Å². The molecular weight excluding hydrogens is 897 g/mol. The number of benzene rings is 3. The first-order chi connectivity index (χ1) is 32.3. The van der Waals surface area contributed by atoms with Crippen molar-refractivity contribution in [3.8, 4) is 17.2 Å². The van der Waals surface area contributed by atoms with Gasteiger partial charge < -0.3 is 58.3 Å². The number of aliphatic hydroxyl groups is 4. The Balaban J connectivity index is 0.000000779. The molecule has 0 aliphatic carbocycles. The zero-order valence-electron chi connectivity index (χ0n) is 46.4. The first kappa shape index (κ1) is 62.2. The van der Waals surface area contributed by atoms with Gasteiger partial charge in [-0.05, 0) is 211 Å². The van der Waals surface area contributed by atoms with Crippen molar-refractivity contribution in [1.29, 1.82) is 0 Å². The largest absolute Gasteiger partial charge is 0.491 e. The van der Waals surface area contributed by atoms with Crippen LogP contribution in [0.4, 0.5) is 0 Å². The molecule has 0 radical (unpaired) electrons. The van der Waals surface area contributed by atoms with Gasteiger partial charge in [0.15, 0.2) is 17.4 Å². The van der Waals surface area contributed by atoms with Gasteiger partial charge in [-0.2, -0.15) is 0 Å². The summed E-state index contributed by atoms with van der Waals surface area (Å²) < 4.78 is 46.6. The van der Waals surface area contributed by atoms with Crippen LogP contribution in [0.15, 0.2) is 0 Å². The van der Waals surface area contributed by atoms with Crippen LogP contribution in [-0.4, -0.2) is 134 Å².